The van der Waals surface area contributed by atoms with Crippen molar-refractivity contribution in [2.24, 2.45) is 23.2 Å². The van der Waals surface area contributed by atoms with Crippen molar-refractivity contribution in [2.45, 2.75) is 57.9 Å². The number of nitrogens with one attached hydrogen (secondary N) is 1. The summed E-state index contributed by atoms with van der Waals surface area (Å²) in [6.07, 6.45) is 10.6. The molecule has 1 aromatic carbocycles. The second-order valence-corrected chi connectivity index (χ2v) is 8.38. The van der Waals surface area contributed by atoms with Gasteiger partial charge >= 0.3 is 0 Å². The van der Waals surface area contributed by atoms with Crippen LogP contribution in [0.5, 0.6) is 0 Å². The highest BCUT2D eigenvalue weighted by Gasteiger charge is 2.51. The Kier molecular flexibility index (Phi) is 3.37. The largest absolute Gasteiger partial charge is 0.313 e. The van der Waals surface area contributed by atoms with Crippen molar-refractivity contribution in [2.75, 3.05) is 7.05 Å². The van der Waals surface area contributed by atoms with Crippen LogP contribution >= 0.6 is 0 Å². The van der Waals surface area contributed by atoms with Crippen LogP contribution in [-0.4, -0.2) is 7.05 Å². The van der Waals surface area contributed by atoms with Crippen LogP contribution in [0.15, 0.2) is 24.3 Å². The number of aryl methyl sites for hydroxylation is 1. The van der Waals surface area contributed by atoms with Crippen LogP contribution in [0.4, 0.5) is 0 Å². The number of rotatable bonds is 4. The molecule has 5 rings (SSSR count). The quantitative estimate of drug-likeness (QED) is 0.832. The molecule has 1 unspecified atom stereocenters. The first-order valence-corrected chi connectivity index (χ1v) is 8.90. The minimum Gasteiger partial charge on any atom is -0.313 e. The van der Waals surface area contributed by atoms with Gasteiger partial charge in [0.15, 0.2) is 0 Å². The molecule has 0 aliphatic heterocycles. The van der Waals surface area contributed by atoms with E-state index in [1.54, 1.807) is 19.3 Å². The highest BCUT2D eigenvalue weighted by Crippen LogP contribution is 2.62. The van der Waals surface area contributed by atoms with Gasteiger partial charge in [0.05, 0.1) is 0 Å². The molecule has 1 aromatic rings. The van der Waals surface area contributed by atoms with Crippen molar-refractivity contribution in [1.82, 2.24) is 5.32 Å². The summed E-state index contributed by atoms with van der Waals surface area (Å²) in [5.74, 6) is 3.18. The first kappa shape index (κ1) is 13.8. The minimum absolute atomic E-state index is 0.543. The third-order valence-corrected chi connectivity index (χ3v) is 6.60. The van der Waals surface area contributed by atoms with Crippen molar-refractivity contribution in [1.29, 1.82) is 0 Å². The number of benzene rings is 1. The maximum absolute atomic E-state index is 3.62. The summed E-state index contributed by atoms with van der Waals surface area (Å²) in [7, 11) is 2.15. The van der Waals surface area contributed by atoms with Crippen LogP contribution in [0, 0.1) is 30.1 Å². The molecule has 4 bridgehead atoms. The molecule has 1 heteroatoms. The Hall–Kier alpha value is -0.820. The topological polar surface area (TPSA) is 12.0 Å². The lowest BCUT2D eigenvalue weighted by molar-refractivity contribution is -0.0619. The standard InChI is InChI=1S/C20H29N/c1-14-4-3-5-18(6-14)19(21-2)13-20-10-15-7-16(11-20)9-17(8-15)12-20/h3-6,15-17,19,21H,7-13H2,1-2H3. The Morgan fingerprint density at radius 1 is 1.10 bits per heavy atom. The van der Waals surface area contributed by atoms with Gasteiger partial charge in [-0.2, -0.15) is 0 Å². The van der Waals surface area contributed by atoms with Gasteiger partial charge in [-0.3, -0.25) is 0 Å². The van der Waals surface area contributed by atoms with Crippen molar-refractivity contribution in [3.8, 4) is 0 Å². The highest BCUT2D eigenvalue weighted by molar-refractivity contribution is 5.25. The fourth-order valence-electron chi connectivity index (χ4n) is 6.25. The second-order valence-electron chi connectivity index (χ2n) is 8.38. The van der Waals surface area contributed by atoms with Gasteiger partial charge in [0, 0.05) is 6.04 Å². The molecular weight excluding hydrogens is 254 g/mol. The first-order valence-electron chi connectivity index (χ1n) is 8.90. The van der Waals surface area contributed by atoms with Crippen molar-refractivity contribution < 1.29 is 0 Å². The van der Waals surface area contributed by atoms with Crippen molar-refractivity contribution >= 4 is 0 Å². The van der Waals surface area contributed by atoms with Gasteiger partial charge in [-0.05, 0) is 87.6 Å². The lowest BCUT2D eigenvalue weighted by Crippen LogP contribution is -2.47. The summed E-state index contributed by atoms with van der Waals surface area (Å²) in [5, 5.41) is 3.62. The van der Waals surface area contributed by atoms with Crippen LogP contribution in [0.3, 0.4) is 0 Å². The van der Waals surface area contributed by atoms with Crippen LogP contribution in [0.2, 0.25) is 0 Å². The molecule has 4 aliphatic carbocycles. The van der Waals surface area contributed by atoms with E-state index in [0.717, 1.165) is 17.8 Å². The van der Waals surface area contributed by atoms with E-state index in [1.807, 2.05) is 0 Å². The summed E-state index contributed by atoms with van der Waals surface area (Å²) in [5.41, 5.74) is 3.54. The van der Waals surface area contributed by atoms with E-state index in [4.69, 9.17) is 0 Å². The Morgan fingerprint density at radius 2 is 1.71 bits per heavy atom. The SMILES string of the molecule is CNC(CC12CC3CC(CC(C3)C1)C2)c1cccc(C)c1. The Bertz CT molecular complexity index is 483. The zero-order valence-corrected chi connectivity index (χ0v) is 13.6. The molecule has 0 aromatic heterocycles. The summed E-state index contributed by atoms with van der Waals surface area (Å²) in [6.45, 7) is 2.21. The molecular formula is C20H29N. The molecule has 0 spiro atoms. The van der Waals surface area contributed by atoms with E-state index in [0.29, 0.717) is 11.5 Å². The zero-order valence-electron chi connectivity index (χ0n) is 13.6. The third kappa shape index (κ3) is 2.54. The van der Waals surface area contributed by atoms with Crippen LogP contribution in [0.25, 0.3) is 0 Å². The molecule has 0 saturated heterocycles. The van der Waals surface area contributed by atoms with Crippen LogP contribution in [-0.2, 0) is 0 Å². The van der Waals surface area contributed by atoms with E-state index < -0.39 is 0 Å². The van der Waals surface area contributed by atoms with Gasteiger partial charge in [0.1, 0.15) is 0 Å². The van der Waals surface area contributed by atoms with Gasteiger partial charge in [0.2, 0.25) is 0 Å². The predicted molar refractivity (Wildman–Crippen MR) is 88.2 cm³/mol. The molecule has 4 aliphatic rings. The van der Waals surface area contributed by atoms with Crippen LogP contribution in [0.1, 0.15) is 62.1 Å². The Balaban J connectivity index is 1.56. The fraction of sp³-hybridized carbons (Fsp3) is 0.700. The Labute approximate surface area is 129 Å². The van der Waals surface area contributed by atoms with Crippen molar-refractivity contribution in [3.05, 3.63) is 35.4 Å². The average Bonchev–Trinajstić information content (AvgIpc) is 2.43. The van der Waals surface area contributed by atoms with E-state index in [2.05, 4.69) is 43.6 Å². The summed E-state index contributed by atoms with van der Waals surface area (Å²) < 4.78 is 0. The van der Waals surface area contributed by atoms with Gasteiger partial charge < -0.3 is 5.32 Å². The number of hydrogen-bond donors (Lipinski definition) is 1. The molecule has 4 saturated carbocycles. The van der Waals surface area contributed by atoms with E-state index in [1.165, 1.54) is 36.8 Å². The fourth-order valence-corrected chi connectivity index (χ4v) is 6.25. The lowest BCUT2D eigenvalue weighted by atomic mass is 9.48. The second kappa shape index (κ2) is 5.12. The maximum atomic E-state index is 3.62. The van der Waals surface area contributed by atoms with Crippen molar-refractivity contribution in [3.63, 3.8) is 0 Å². The molecule has 114 valence electrons. The average molecular weight is 283 g/mol. The van der Waals surface area contributed by atoms with Gasteiger partial charge in [-0.15, -0.1) is 0 Å². The lowest BCUT2D eigenvalue weighted by Gasteiger charge is -2.57. The first-order chi connectivity index (χ1) is 10.2. The third-order valence-electron chi connectivity index (χ3n) is 6.60. The molecule has 0 heterocycles. The minimum atomic E-state index is 0.543. The number of hydrogen-bond acceptors (Lipinski definition) is 1. The van der Waals surface area contributed by atoms with Crippen LogP contribution < -0.4 is 5.32 Å². The Morgan fingerprint density at radius 3 is 2.24 bits per heavy atom. The zero-order chi connectivity index (χ0) is 14.4. The van der Waals surface area contributed by atoms with E-state index in [9.17, 15) is 0 Å². The molecule has 1 nitrogen and oxygen atoms in total. The van der Waals surface area contributed by atoms with Gasteiger partial charge in [-0.1, -0.05) is 29.8 Å². The molecule has 1 N–H and O–H groups in total. The summed E-state index contributed by atoms with van der Waals surface area (Å²) in [4.78, 5) is 0. The summed E-state index contributed by atoms with van der Waals surface area (Å²) in [6, 6.07) is 9.66. The molecule has 1 atom stereocenters. The van der Waals surface area contributed by atoms with Gasteiger partial charge in [-0.25, -0.2) is 0 Å². The summed E-state index contributed by atoms with van der Waals surface area (Å²) >= 11 is 0. The smallest absolute Gasteiger partial charge is 0.0322 e. The molecule has 0 radical (unpaired) electrons. The predicted octanol–water partition coefficient (Wildman–Crippen LogP) is 4.86. The normalized spacial score (nSPS) is 38.7. The molecule has 4 fully saturated rings. The monoisotopic (exact) mass is 283 g/mol. The van der Waals surface area contributed by atoms with Gasteiger partial charge in [0.25, 0.3) is 0 Å². The van der Waals surface area contributed by atoms with E-state index in [-0.39, 0.29) is 0 Å². The molecule has 0 amide bonds. The highest BCUT2D eigenvalue weighted by atomic mass is 14.9. The van der Waals surface area contributed by atoms with E-state index >= 15 is 0 Å². The maximum Gasteiger partial charge on any atom is 0.0322 e. The molecule has 21 heavy (non-hydrogen) atoms.